The maximum absolute atomic E-state index is 12.3. The molecular formula is C18H24N4O3. The van der Waals surface area contributed by atoms with E-state index in [1.807, 2.05) is 39.0 Å². The van der Waals surface area contributed by atoms with Crippen molar-refractivity contribution in [1.82, 2.24) is 15.1 Å². The number of nitrogens with one attached hydrogen (secondary N) is 2. The molecule has 1 aliphatic rings. The second kappa shape index (κ2) is 6.66. The molecule has 7 nitrogen and oxygen atoms in total. The molecule has 2 amide bonds. The van der Waals surface area contributed by atoms with Gasteiger partial charge in [-0.3, -0.25) is 5.32 Å². The summed E-state index contributed by atoms with van der Waals surface area (Å²) < 4.78 is 12.7. The number of carbonyl (C=O) groups is 1. The number of rotatable bonds is 3. The van der Waals surface area contributed by atoms with Crippen LogP contribution in [0.4, 0.5) is 10.6 Å². The van der Waals surface area contributed by atoms with Gasteiger partial charge in [-0.25, -0.2) is 9.48 Å². The molecule has 25 heavy (non-hydrogen) atoms. The molecule has 2 aromatic rings. The first kappa shape index (κ1) is 17.1. The molecular weight excluding hydrogens is 320 g/mol. The second-order valence-electron chi connectivity index (χ2n) is 7.08. The maximum Gasteiger partial charge on any atom is 0.320 e. The first-order chi connectivity index (χ1) is 11.9. The van der Waals surface area contributed by atoms with Gasteiger partial charge >= 0.3 is 6.03 Å². The number of urea groups is 1. The quantitative estimate of drug-likeness (QED) is 0.897. The van der Waals surface area contributed by atoms with Crippen LogP contribution in [0, 0.1) is 0 Å². The molecule has 134 valence electrons. The van der Waals surface area contributed by atoms with Gasteiger partial charge in [0.25, 0.3) is 0 Å². The van der Waals surface area contributed by atoms with Crippen LogP contribution >= 0.6 is 0 Å². The van der Waals surface area contributed by atoms with Crippen molar-refractivity contribution >= 4 is 11.8 Å². The molecule has 0 saturated heterocycles. The van der Waals surface area contributed by atoms with Crippen LogP contribution in [0.25, 0.3) is 0 Å². The van der Waals surface area contributed by atoms with Gasteiger partial charge in [-0.05, 0) is 38.8 Å². The lowest BCUT2D eigenvalue weighted by atomic mass is 10.0. The van der Waals surface area contributed by atoms with Crippen LogP contribution in [-0.2, 0) is 12.0 Å². The van der Waals surface area contributed by atoms with Crippen molar-refractivity contribution in [2.24, 2.45) is 0 Å². The number of aromatic nitrogens is 2. The molecule has 2 heterocycles. The van der Waals surface area contributed by atoms with Crippen LogP contribution in [0.3, 0.4) is 0 Å². The molecule has 0 bridgehead atoms. The summed E-state index contributed by atoms with van der Waals surface area (Å²) in [4.78, 5) is 12.3. The lowest BCUT2D eigenvalue weighted by molar-refractivity contribution is 0.221. The minimum absolute atomic E-state index is 0.0908. The highest BCUT2D eigenvalue weighted by molar-refractivity contribution is 5.88. The third-order valence-corrected chi connectivity index (χ3v) is 4.04. The van der Waals surface area contributed by atoms with Crippen molar-refractivity contribution in [2.75, 3.05) is 19.0 Å². The van der Waals surface area contributed by atoms with Crippen molar-refractivity contribution in [3.8, 4) is 11.5 Å². The molecule has 0 spiro atoms. The van der Waals surface area contributed by atoms with Crippen molar-refractivity contribution in [1.29, 1.82) is 0 Å². The molecule has 2 N–H and O–H groups in total. The largest absolute Gasteiger partial charge is 0.497 e. The number of nitrogens with zero attached hydrogens (tertiary/aromatic N) is 2. The van der Waals surface area contributed by atoms with E-state index in [1.54, 1.807) is 24.1 Å². The van der Waals surface area contributed by atoms with Gasteiger partial charge in [-0.1, -0.05) is 6.07 Å². The molecule has 0 radical (unpaired) electrons. The summed E-state index contributed by atoms with van der Waals surface area (Å²) in [6.07, 6.45) is 2.39. The molecule has 1 atom stereocenters. The van der Waals surface area contributed by atoms with Gasteiger partial charge in [-0.2, -0.15) is 5.10 Å². The fourth-order valence-electron chi connectivity index (χ4n) is 2.84. The number of amides is 2. The van der Waals surface area contributed by atoms with Gasteiger partial charge in [0.2, 0.25) is 0 Å². The van der Waals surface area contributed by atoms with Crippen LogP contribution < -0.4 is 20.1 Å². The minimum atomic E-state index is -0.267. The summed E-state index contributed by atoms with van der Waals surface area (Å²) in [7, 11) is 1.63. The zero-order valence-corrected chi connectivity index (χ0v) is 15.0. The van der Waals surface area contributed by atoms with E-state index in [-0.39, 0.29) is 17.6 Å². The molecule has 1 aromatic heterocycles. The van der Waals surface area contributed by atoms with E-state index < -0.39 is 0 Å². The van der Waals surface area contributed by atoms with E-state index >= 15 is 0 Å². The van der Waals surface area contributed by atoms with Gasteiger partial charge < -0.3 is 14.8 Å². The van der Waals surface area contributed by atoms with E-state index in [0.717, 1.165) is 17.1 Å². The van der Waals surface area contributed by atoms with Gasteiger partial charge in [0.15, 0.2) is 0 Å². The number of hydrogen-bond donors (Lipinski definition) is 2. The normalized spacial score (nSPS) is 16.6. The Labute approximate surface area is 147 Å². The molecule has 1 unspecified atom stereocenters. The van der Waals surface area contributed by atoms with Gasteiger partial charge in [0, 0.05) is 12.1 Å². The highest BCUT2D eigenvalue weighted by atomic mass is 16.5. The topological polar surface area (TPSA) is 77.4 Å². The fourth-order valence-corrected chi connectivity index (χ4v) is 2.84. The summed E-state index contributed by atoms with van der Waals surface area (Å²) in [5.41, 5.74) is 0.843. The first-order valence-electron chi connectivity index (χ1n) is 8.28. The molecule has 0 aliphatic carbocycles. The highest BCUT2D eigenvalue weighted by Gasteiger charge is 2.23. The van der Waals surface area contributed by atoms with E-state index in [0.29, 0.717) is 18.8 Å². The molecule has 7 heteroatoms. The van der Waals surface area contributed by atoms with Crippen molar-refractivity contribution in [2.45, 2.75) is 38.8 Å². The maximum atomic E-state index is 12.3. The van der Waals surface area contributed by atoms with Crippen molar-refractivity contribution in [3.05, 3.63) is 36.0 Å². The first-order valence-corrected chi connectivity index (χ1v) is 8.28. The Morgan fingerprint density at radius 1 is 1.36 bits per heavy atom. The molecule has 0 saturated carbocycles. The summed E-state index contributed by atoms with van der Waals surface area (Å²) in [6.45, 7) is 6.52. The van der Waals surface area contributed by atoms with Gasteiger partial charge in [0.05, 0.1) is 24.9 Å². The van der Waals surface area contributed by atoms with Crippen LogP contribution in [0.5, 0.6) is 11.5 Å². The highest BCUT2D eigenvalue weighted by Crippen LogP contribution is 2.29. The Morgan fingerprint density at radius 3 is 2.88 bits per heavy atom. The zero-order chi connectivity index (χ0) is 18.0. The monoisotopic (exact) mass is 344 g/mol. The van der Waals surface area contributed by atoms with Crippen LogP contribution in [-0.4, -0.2) is 35.6 Å². The Kier molecular flexibility index (Phi) is 4.57. The average Bonchev–Trinajstić information content (AvgIpc) is 3.02. The van der Waals surface area contributed by atoms with Crippen molar-refractivity contribution in [3.63, 3.8) is 0 Å². The number of fused-ring (bicyclic) bond motifs is 1. The predicted octanol–water partition coefficient (Wildman–Crippen LogP) is 2.77. The molecule has 1 aliphatic heterocycles. The molecule has 0 fully saturated rings. The summed E-state index contributed by atoms with van der Waals surface area (Å²) in [6, 6.07) is 7.15. The van der Waals surface area contributed by atoms with Crippen molar-refractivity contribution < 1.29 is 14.3 Å². The van der Waals surface area contributed by atoms with E-state index in [1.165, 1.54) is 0 Å². The van der Waals surface area contributed by atoms with Crippen LogP contribution in [0.2, 0.25) is 0 Å². The number of hydrogen-bond acceptors (Lipinski definition) is 4. The number of benzene rings is 1. The summed E-state index contributed by atoms with van der Waals surface area (Å²) in [5.74, 6) is 2.23. The summed E-state index contributed by atoms with van der Waals surface area (Å²) in [5, 5.41) is 10.1. The second-order valence-corrected chi connectivity index (χ2v) is 7.08. The van der Waals surface area contributed by atoms with E-state index in [4.69, 9.17) is 9.47 Å². The predicted molar refractivity (Wildman–Crippen MR) is 95.4 cm³/mol. The standard InChI is InChI=1S/C18H24N4O3/c1-18(2,3)22-16(7-8-19-22)21-17(23)20-13-9-12-5-6-14(24-4)10-15(12)25-11-13/h5-8,10,13H,9,11H2,1-4H3,(H2,20,21,23). The lowest BCUT2D eigenvalue weighted by Gasteiger charge is -2.27. The van der Waals surface area contributed by atoms with E-state index in [2.05, 4.69) is 15.7 Å². The van der Waals surface area contributed by atoms with Crippen LogP contribution in [0.1, 0.15) is 26.3 Å². The Bertz CT molecular complexity index is 764. The third-order valence-electron chi connectivity index (χ3n) is 4.04. The zero-order valence-electron chi connectivity index (χ0n) is 15.0. The summed E-state index contributed by atoms with van der Waals surface area (Å²) >= 11 is 0. The number of anilines is 1. The Hall–Kier alpha value is -2.70. The fraction of sp³-hybridized carbons (Fsp3) is 0.444. The third kappa shape index (κ3) is 3.87. The lowest BCUT2D eigenvalue weighted by Crippen LogP contribution is -2.45. The van der Waals surface area contributed by atoms with Gasteiger partial charge in [-0.15, -0.1) is 0 Å². The van der Waals surface area contributed by atoms with Gasteiger partial charge in [0.1, 0.15) is 23.9 Å². The number of carbonyl (C=O) groups excluding carboxylic acids is 1. The van der Waals surface area contributed by atoms with Crippen LogP contribution in [0.15, 0.2) is 30.5 Å². The number of methoxy groups -OCH3 is 1. The molecule has 1 aromatic carbocycles. The SMILES string of the molecule is COc1ccc2c(c1)OCC(NC(=O)Nc1ccnn1C(C)(C)C)C2. The smallest absolute Gasteiger partial charge is 0.320 e. The number of ether oxygens (including phenoxy) is 2. The van der Waals surface area contributed by atoms with E-state index in [9.17, 15) is 4.79 Å². The minimum Gasteiger partial charge on any atom is -0.497 e. The Morgan fingerprint density at radius 2 is 2.16 bits per heavy atom. The Balaban J connectivity index is 1.62. The average molecular weight is 344 g/mol. The molecule has 3 rings (SSSR count).